The Labute approximate surface area is 136 Å². The molecule has 0 aliphatic rings. The van der Waals surface area contributed by atoms with Crippen LogP contribution in [0, 0.1) is 6.92 Å². The highest BCUT2D eigenvalue weighted by atomic mass is 16.5. The molecule has 0 saturated heterocycles. The molecule has 3 N–H and O–H groups in total. The zero-order valence-electron chi connectivity index (χ0n) is 13.7. The fraction of sp³-hybridized carbons (Fsp3) is 0.500. The molecular formula is C16H25NO6. The van der Waals surface area contributed by atoms with Crippen LogP contribution in [0.1, 0.15) is 19.4 Å². The Bertz CT molecular complexity index is 463. The van der Waals surface area contributed by atoms with Gasteiger partial charge >= 0.3 is 11.9 Å². The van der Waals surface area contributed by atoms with Gasteiger partial charge < -0.3 is 25.0 Å². The molecule has 0 aromatic heterocycles. The van der Waals surface area contributed by atoms with Crippen LogP contribution in [0.5, 0.6) is 5.75 Å². The van der Waals surface area contributed by atoms with Crippen LogP contribution >= 0.6 is 0 Å². The maximum Gasteiger partial charge on any atom is 0.414 e. The van der Waals surface area contributed by atoms with E-state index in [0.717, 1.165) is 24.5 Å². The molecule has 0 atom stereocenters. The van der Waals surface area contributed by atoms with Gasteiger partial charge in [0.05, 0.1) is 13.2 Å². The molecule has 0 unspecified atom stereocenters. The van der Waals surface area contributed by atoms with Gasteiger partial charge in [-0.05, 0) is 18.6 Å². The van der Waals surface area contributed by atoms with Crippen molar-refractivity contribution in [2.75, 3.05) is 26.4 Å². The first kappa shape index (κ1) is 20.9. The summed E-state index contributed by atoms with van der Waals surface area (Å²) in [5, 5.41) is 18.1. The zero-order valence-corrected chi connectivity index (χ0v) is 13.7. The highest BCUT2D eigenvalue weighted by Crippen LogP contribution is 2.15. The number of hydrogen-bond acceptors (Lipinski definition) is 5. The minimum absolute atomic E-state index is 0.516. The molecule has 0 aliphatic heterocycles. The molecule has 23 heavy (non-hydrogen) atoms. The maximum absolute atomic E-state index is 9.10. The molecule has 0 amide bonds. The monoisotopic (exact) mass is 327 g/mol. The first-order valence-electron chi connectivity index (χ1n) is 7.30. The third kappa shape index (κ3) is 12.1. The number of para-hydroxylation sites is 1. The van der Waals surface area contributed by atoms with Gasteiger partial charge in [0.1, 0.15) is 12.4 Å². The van der Waals surface area contributed by atoms with Crippen molar-refractivity contribution in [3.8, 4) is 5.75 Å². The van der Waals surface area contributed by atoms with Crippen molar-refractivity contribution in [3.05, 3.63) is 29.8 Å². The molecule has 130 valence electrons. The summed E-state index contributed by atoms with van der Waals surface area (Å²) in [5.41, 5.74) is 1.16. The average Bonchev–Trinajstić information content (AvgIpc) is 2.48. The third-order valence-electron chi connectivity index (χ3n) is 2.56. The molecule has 0 radical (unpaired) electrons. The predicted molar refractivity (Wildman–Crippen MR) is 85.9 cm³/mol. The Balaban J connectivity index is 0.000000688. The van der Waals surface area contributed by atoms with E-state index in [9.17, 15) is 0 Å². The van der Waals surface area contributed by atoms with Gasteiger partial charge in [-0.1, -0.05) is 32.0 Å². The van der Waals surface area contributed by atoms with Gasteiger partial charge in [-0.25, -0.2) is 9.59 Å². The molecule has 0 bridgehead atoms. The Hall–Kier alpha value is -2.12. The van der Waals surface area contributed by atoms with E-state index in [4.69, 9.17) is 29.3 Å². The van der Waals surface area contributed by atoms with Crippen molar-refractivity contribution in [2.24, 2.45) is 0 Å². The van der Waals surface area contributed by atoms with Crippen molar-refractivity contribution >= 4 is 11.9 Å². The van der Waals surface area contributed by atoms with Crippen LogP contribution in [-0.2, 0) is 14.3 Å². The van der Waals surface area contributed by atoms with Crippen LogP contribution in [0.25, 0.3) is 0 Å². The molecule has 7 nitrogen and oxygen atoms in total. The minimum atomic E-state index is -1.82. The molecule has 7 heteroatoms. The average molecular weight is 327 g/mol. The van der Waals surface area contributed by atoms with Crippen LogP contribution in [0.2, 0.25) is 0 Å². The van der Waals surface area contributed by atoms with Crippen molar-refractivity contribution in [1.82, 2.24) is 5.32 Å². The third-order valence-corrected chi connectivity index (χ3v) is 2.56. The fourth-order valence-electron chi connectivity index (χ4n) is 1.45. The number of carboxylic acid groups (broad SMARTS) is 2. The van der Waals surface area contributed by atoms with Crippen LogP contribution in [-0.4, -0.2) is 54.6 Å². The SMILES string of the molecule is Cc1ccccc1OCCOCCNC(C)C.O=C(O)C(=O)O. The van der Waals surface area contributed by atoms with Gasteiger partial charge in [0.15, 0.2) is 0 Å². The largest absolute Gasteiger partial charge is 0.491 e. The summed E-state index contributed by atoms with van der Waals surface area (Å²) in [6.07, 6.45) is 0. The lowest BCUT2D eigenvalue weighted by atomic mass is 10.2. The van der Waals surface area contributed by atoms with Crippen LogP contribution in [0.4, 0.5) is 0 Å². The first-order chi connectivity index (χ1) is 10.8. The Morgan fingerprint density at radius 1 is 1.09 bits per heavy atom. The number of aliphatic carboxylic acids is 2. The van der Waals surface area contributed by atoms with Crippen molar-refractivity contribution in [1.29, 1.82) is 0 Å². The Morgan fingerprint density at radius 2 is 1.70 bits per heavy atom. The lowest BCUT2D eigenvalue weighted by molar-refractivity contribution is -0.159. The van der Waals surface area contributed by atoms with Gasteiger partial charge in [-0.3, -0.25) is 0 Å². The van der Waals surface area contributed by atoms with Gasteiger partial charge in [-0.2, -0.15) is 0 Å². The van der Waals surface area contributed by atoms with E-state index < -0.39 is 11.9 Å². The van der Waals surface area contributed by atoms with E-state index in [1.807, 2.05) is 31.2 Å². The summed E-state index contributed by atoms with van der Waals surface area (Å²) < 4.78 is 11.1. The Morgan fingerprint density at radius 3 is 2.22 bits per heavy atom. The van der Waals surface area contributed by atoms with Gasteiger partial charge in [0.2, 0.25) is 0 Å². The number of benzene rings is 1. The van der Waals surface area contributed by atoms with E-state index >= 15 is 0 Å². The number of carbonyl (C=O) groups is 2. The van der Waals surface area contributed by atoms with E-state index in [1.54, 1.807) is 0 Å². The summed E-state index contributed by atoms with van der Waals surface area (Å²) in [4.78, 5) is 18.2. The predicted octanol–water partition coefficient (Wildman–Crippen LogP) is 1.54. The molecule has 1 aromatic carbocycles. The summed E-state index contributed by atoms with van der Waals surface area (Å²) in [7, 11) is 0. The summed E-state index contributed by atoms with van der Waals surface area (Å²) in [6.45, 7) is 9.16. The molecule has 1 rings (SSSR count). The van der Waals surface area contributed by atoms with Gasteiger partial charge in [0, 0.05) is 12.6 Å². The standard InChI is InChI=1S/C14H23NO2.C2H2O4/c1-12(2)15-8-9-16-10-11-17-14-7-5-4-6-13(14)3;3-1(4)2(5)6/h4-7,12,15H,8-11H2,1-3H3;(H,3,4)(H,5,6). The van der Waals surface area contributed by atoms with Crippen LogP contribution in [0.15, 0.2) is 24.3 Å². The summed E-state index contributed by atoms with van der Waals surface area (Å²) in [6, 6.07) is 8.53. The summed E-state index contributed by atoms with van der Waals surface area (Å²) in [5.74, 6) is -2.71. The molecule has 0 heterocycles. The highest BCUT2D eigenvalue weighted by molar-refractivity contribution is 6.27. The highest BCUT2D eigenvalue weighted by Gasteiger charge is 2.04. The lowest BCUT2D eigenvalue weighted by Crippen LogP contribution is -2.27. The lowest BCUT2D eigenvalue weighted by Gasteiger charge is -2.10. The number of carboxylic acids is 2. The van der Waals surface area contributed by atoms with Crippen molar-refractivity contribution in [3.63, 3.8) is 0 Å². The number of aryl methyl sites for hydroxylation is 1. The quantitative estimate of drug-likeness (QED) is 0.491. The smallest absolute Gasteiger partial charge is 0.414 e. The first-order valence-corrected chi connectivity index (χ1v) is 7.30. The molecular weight excluding hydrogens is 302 g/mol. The van der Waals surface area contributed by atoms with Crippen LogP contribution in [0.3, 0.4) is 0 Å². The number of hydrogen-bond donors (Lipinski definition) is 3. The van der Waals surface area contributed by atoms with E-state index in [0.29, 0.717) is 19.3 Å². The second-order valence-electron chi connectivity index (χ2n) is 4.95. The van der Waals surface area contributed by atoms with E-state index in [-0.39, 0.29) is 0 Å². The second-order valence-corrected chi connectivity index (χ2v) is 4.95. The topological polar surface area (TPSA) is 105 Å². The minimum Gasteiger partial charge on any atom is -0.491 e. The fourth-order valence-corrected chi connectivity index (χ4v) is 1.45. The van der Waals surface area contributed by atoms with E-state index in [1.165, 1.54) is 0 Å². The molecule has 0 aliphatic carbocycles. The molecule has 1 aromatic rings. The number of nitrogens with one attached hydrogen (secondary N) is 1. The molecule has 0 spiro atoms. The zero-order chi connectivity index (χ0) is 17.7. The maximum atomic E-state index is 9.10. The second kappa shape index (κ2) is 12.4. The van der Waals surface area contributed by atoms with Crippen molar-refractivity contribution in [2.45, 2.75) is 26.8 Å². The van der Waals surface area contributed by atoms with Crippen LogP contribution < -0.4 is 10.1 Å². The normalized spacial score (nSPS) is 9.91. The summed E-state index contributed by atoms with van der Waals surface area (Å²) >= 11 is 0. The van der Waals surface area contributed by atoms with Gasteiger partial charge in [0.25, 0.3) is 0 Å². The Kier molecular flexibility index (Phi) is 11.3. The molecule has 0 saturated carbocycles. The molecule has 0 fully saturated rings. The van der Waals surface area contributed by atoms with E-state index in [2.05, 4.69) is 19.2 Å². The number of ether oxygens (including phenoxy) is 2. The van der Waals surface area contributed by atoms with Crippen molar-refractivity contribution < 1.29 is 29.3 Å². The van der Waals surface area contributed by atoms with Gasteiger partial charge in [-0.15, -0.1) is 0 Å². The number of rotatable bonds is 8.